The first-order chi connectivity index (χ1) is 9.00. The first kappa shape index (κ1) is 17.0. The van der Waals surface area contributed by atoms with E-state index in [0.29, 0.717) is 12.5 Å². The Morgan fingerprint density at radius 2 is 1.90 bits per heavy atom. The summed E-state index contributed by atoms with van der Waals surface area (Å²) >= 11 is 0. The topological polar surface area (TPSA) is 69.4 Å². The Balaban J connectivity index is 2.73. The van der Waals surface area contributed by atoms with Gasteiger partial charge in [0, 0.05) is 5.41 Å². The molecule has 0 spiro atoms. The van der Waals surface area contributed by atoms with Crippen LogP contribution in [0.2, 0.25) is 0 Å². The van der Waals surface area contributed by atoms with E-state index in [1.807, 2.05) is 26.0 Å². The first-order valence-electron chi connectivity index (χ1n) is 6.74. The van der Waals surface area contributed by atoms with Crippen LogP contribution in [0.3, 0.4) is 0 Å². The summed E-state index contributed by atoms with van der Waals surface area (Å²) in [6, 6.07) is 5.97. The monoisotopic (exact) mass is 299 g/mol. The van der Waals surface area contributed by atoms with E-state index in [0.717, 1.165) is 5.75 Å². The van der Waals surface area contributed by atoms with Crippen LogP contribution < -0.4 is 9.88 Å². The van der Waals surface area contributed by atoms with Gasteiger partial charge in [-0.2, -0.15) is 0 Å². The highest BCUT2D eigenvalue weighted by molar-refractivity contribution is 7.89. The second-order valence-electron chi connectivity index (χ2n) is 6.43. The molecule has 0 saturated heterocycles. The molecule has 2 N–H and O–H groups in total. The van der Waals surface area contributed by atoms with E-state index in [4.69, 9.17) is 9.88 Å². The molecule has 0 aliphatic carbocycles. The quantitative estimate of drug-likeness (QED) is 0.878. The average Bonchev–Trinajstić information content (AvgIpc) is 2.22. The van der Waals surface area contributed by atoms with Crippen LogP contribution in [0.1, 0.15) is 44.7 Å². The fraction of sp³-hybridized carbons (Fsp3) is 0.600. The van der Waals surface area contributed by atoms with Crippen molar-refractivity contribution in [1.82, 2.24) is 0 Å². The molecule has 20 heavy (non-hydrogen) atoms. The Morgan fingerprint density at radius 3 is 2.35 bits per heavy atom. The Morgan fingerprint density at radius 1 is 1.30 bits per heavy atom. The van der Waals surface area contributed by atoms with E-state index in [2.05, 4.69) is 26.8 Å². The van der Waals surface area contributed by atoms with Crippen molar-refractivity contribution in [2.24, 2.45) is 10.6 Å². The number of primary sulfonamides is 1. The molecule has 1 rings (SSSR count). The molecule has 114 valence electrons. The zero-order valence-corrected chi connectivity index (χ0v) is 13.8. The zero-order chi connectivity index (χ0) is 15.6. The van der Waals surface area contributed by atoms with E-state index in [1.165, 1.54) is 11.1 Å². The minimum Gasteiger partial charge on any atom is -0.493 e. The van der Waals surface area contributed by atoms with Crippen LogP contribution >= 0.6 is 0 Å². The largest absolute Gasteiger partial charge is 0.493 e. The molecule has 0 aliphatic rings. The number of hydrogen-bond acceptors (Lipinski definition) is 3. The number of nitrogens with two attached hydrogens (primary N) is 1. The molecular weight excluding hydrogens is 274 g/mol. The van der Waals surface area contributed by atoms with Gasteiger partial charge in [-0.15, -0.1) is 0 Å². The lowest BCUT2D eigenvalue weighted by molar-refractivity contribution is 0.199. The highest BCUT2D eigenvalue weighted by Crippen LogP contribution is 2.25. The van der Waals surface area contributed by atoms with Gasteiger partial charge >= 0.3 is 0 Å². The van der Waals surface area contributed by atoms with Crippen LogP contribution in [0, 0.1) is 12.3 Å². The van der Waals surface area contributed by atoms with Gasteiger partial charge in [0.25, 0.3) is 0 Å². The highest BCUT2D eigenvalue weighted by atomic mass is 32.2. The second kappa shape index (κ2) is 6.14. The van der Waals surface area contributed by atoms with Gasteiger partial charge in [-0.25, -0.2) is 13.6 Å². The number of sulfonamides is 1. The van der Waals surface area contributed by atoms with Crippen molar-refractivity contribution in [1.29, 1.82) is 0 Å². The SMILES string of the molecule is Cc1cc(OCC(C)(C)CS(N)(=O)=O)ccc1C(C)C. The number of ether oxygens (including phenoxy) is 1. The molecule has 0 aromatic heterocycles. The van der Waals surface area contributed by atoms with Crippen molar-refractivity contribution in [3.63, 3.8) is 0 Å². The number of aryl methyl sites for hydroxylation is 1. The average molecular weight is 299 g/mol. The lowest BCUT2D eigenvalue weighted by atomic mass is 9.97. The molecule has 4 nitrogen and oxygen atoms in total. The summed E-state index contributed by atoms with van der Waals surface area (Å²) in [5.41, 5.74) is 1.96. The van der Waals surface area contributed by atoms with E-state index < -0.39 is 15.4 Å². The van der Waals surface area contributed by atoms with Gasteiger partial charge < -0.3 is 4.74 Å². The van der Waals surface area contributed by atoms with Crippen molar-refractivity contribution >= 4 is 10.0 Å². The summed E-state index contributed by atoms with van der Waals surface area (Å²) in [7, 11) is -3.49. The Labute approximate surface area is 122 Å². The molecular formula is C15H25NO3S. The third-order valence-electron chi connectivity index (χ3n) is 3.08. The van der Waals surface area contributed by atoms with Gasteiger partial charge in [-0.3, -0.25) is 0 Å². The number of hydrogen-bond donors (Lipinski definition) is 1. The lowest BCUT2D eigenvalue weighted by Crippen LogP contribution is -2.33. The molecule has 0 amide bonds. The summed E-state index contributed by atoms with van der Waals surface area (Å²) in [5.74, 6) is 1.14. The van der Waals surface area contributed by atoms with E-state index in [9.17, 15) is 8.42 Å². The zero-order valence-electron chi connectivity index (χ0n) is 12.9. The van der Waals surface area contributed by atoms with Gasteiger partial charge in [0.15, 0.2) is 0 Å². The van der Waals surface area contributed by atoms with E-state index in [-0.39, 0.29) is 5.75 Å². The molecule has 0 aliphatic heterocycles. The second-order valence-corrected chi connectivity index (χ2v) is 8.05. The van der Waals surface area contributed by atoms with Crippen molar-refractivity contribution in [2.75, 3.05) is 12.4 Å². The fourth-order valence-electron chi connectivity index (χ4n) is 2.25. The molecule has 0 fully saturated rings. The highest BCUT2D eigenvalue weighted by Gasteiger charge is 2.25. The number of rotatable bonds is 6. The standard InChI is InChI=1S/C15H25NO3S/c1-11(2)14-7-6-13(8-12(14)3)19-9-15(4,5)10-20(16,17)18/h6-8,11H,9-10H2,1-5H3,(H2,16,17,18). The first-order valence-corrected chi connectivity index (χ1v) is 8.45. The molecule has 0 radical (unpaired) electrons. The van der Waals surface area contributed by atoms with Crippen LogP contribution in [0.25, 0.3) is 0 Å². The van der Waals surface area contributed by atoms with Crippen LogP contribution in [-0.2, 0) is 10.0 Å². The molecule has 1 aromatic rings. The van der Waals surface area contributed by atoms with Crippen LogP contribution in [0.5, 0.6) is 5.75 Å². The van der Waals surface area contributed by atoms with Crippen molar-refractivity contribution in [3.05, 3.63) is 29.3 Å². The molecule has 1 aromatic carbocycles. The molecule has 0 bridgehead atoms. The lowest BCUT2D eigenvalue weighted by Gasteiger charge is -2.23. The third kappa shape index (κ3) is 5.51. The smallest absolute Gasteiger partial charge is 0.209 e. The summed E-state index contributed by atoms with van der Waals surface area (Å²) in [5, 5.41) is 5.08. The van der Waals surface area contributed by atoms with Crippen LogP contribution in [-0.4, -0.2) is 20.8 Å². The molecule has 5 heteroatoms. The third-order valence-corrected chi connectivity index (χ3v) is 4.27. The van der Waals surface area contributed by atoms with Crippen LogP contribution in [0.4, 0.5) is 0 Å². The maximum Gasteiger partial charge on any atom is 0.209 e. The van der Waals surface area contributed by atoms with Crippen LogP contribution in [0.15, 0.2) is 18.2 Å². The summed E-state index contributed by atoms with van der Waals surface area (Å²) in [6.45, 7) is 10.3. The van der Waals surface area contributed by atoms with Crippen molar-refractivity contribution < 1.29 is 13.2 Å². The summed E-state index contributed by atoms with van der Waals surface area (Å²) < 4.78 is 28.0. The van der Waals surface area contributed by atoms with Crippen molar-refractivity contribution in [2.45, 2.75) is 40.5 Å². The van der Waals surface area contributed by atoms with Gasteiger partial charge in [-0.05, 0) is 36.1 Å². The maximum absolute atomic E-state index is 11.2. The van der Waals surface area contributed by atoms with Crippen molar-refractivity contribution in [3.8, 4) is 5.75 Å². The predicted molar refractivity (Wildman–Crippen MR) is 82.5 cm³/mol. The summed E-state index contributed by atoms with van der Waals surface area (Å²) in [6.07, 6.45) is 0. The number of benzene rings is 1. The normalized spacial score (nSPS) is 12.8. The van der Waals surface area contributed by atoms with Gasteiger partial charge in [0.2, 0.25) is 10.0 Å². The molecule has 0 unspecified atom stereocenters. The Bertz CT molecular complexity index is 562. The molecule has 0 saturated carbocycles. The predicted octanol–water partition coefficient (Wildman–Crippen LogP) is 2.81. The van der Waals surface area contributed by atoms with E-state index >= 15 is 0 Å². The molecule has 0 heterocycles. The maximum atomic E-state index is 11.2. The van der Waals surface area contributed by atoms with Gasteiger partial charge in [0.05, 0.1) is 12.4 Å². The minimum absolute atomic E-state index is 0.0942. The Hall–Kier alpha value is -1.07. The fourth-order valence-corrected chi connectivity index (χ4v) is 3.42. The molecule has 0 atom stereocenters. The Kier molecular flexibility index (Phi) is 5.21. The summed E-state index contributed by atoms with van der Waals surface area (Å²) in [4.78, 5) is 0. The van der Waals surface area contributed by atoms with E-state index in [1.54, 1.807) is 0 Å². The van der Waals surface area contributed by atoms with Gasteiger partial charge in [0.1, 0.15) is 5.75 Å². The minimum atomic E-state index is -3.49. The van der Waals surface area contributed by atoms with Gasteiger partial charge in [-0.1, -0.05) is 33.8 Å².